The summed E-state index contributed by atoms with van der Waals surface area (Å²) in [5, 5.41) is 9.11. The lowest BCUT2D eigenvalue weighted by atomic mass is 9.68. The Kier molecular flexibility index (Phi) is 3.90. The van der Waals surface area contributed by atoms with Crippen LogP contribution in [0.25, 0.3) is 0 Å². The number of carboxylic acid groups (broad SMARTS) is 1. The quantitative estimate of drug-likeness (QED) is 0.760. The van der Waals surface area contributed by atoms with E-state index in [1.165, 1.54) is 0 Å². The van der Waals surface area contributed by atoms with E-state index in [1.807, 2.05) is 0 Å². The van der Waals surface area contributed by atoms with Crippen molar-refractivity contribution in [1.82, 2.24) is 0 Å². The molecule has 1 N–H and O–H groups in total. The molecular formula is C11H19FO2. The fraction of sp³-hybridized carbons (Fsp3) is 0.909. The second-order valence-corrected chi connectivity index (χ2v) is 4.38. The first kappa shape index (κ1) is 11.5. The number of carbonyl (C=O) groups is 1. The average Bonchev–Trinajstić information content (AvgIpc) is 2.19. The molecule has 1 aliphatic rings. The van der Waals surface area contributed by atoms with Gasteiger partial charge in [0.25, 0.3) is 0 Å². The summed E-state index contributed by atoms with van der Waals surface area (Å²) in [5.74, 6) is -0.146. The lowest BCUT2D eigenvalue weighted by Gasteiger charge is -2.36. The SMILES string of the molecule is CCC1CCC(CCF)(C(=O)O)CC1. The van der Waals surface area contributed by atoms with Crippen molar-refractivity contribution in [3.63, 3.8) is 0 Å². The summed E-state index contributed by atoms with van der Waals surface area (Å²) >= 11 is 0. The third-order valence-electron chi connectivity index (χ3n) is 3.67. The maximum atomic E-state index is 12.3. The first-order valence-electron chi connectivity index (χ1n) is 5.44. The van der Waals surface area contributed by atoms with Crippen LogP contribution in [0.5, 0.6) is 0 Å². The van der Waals surface area contributed by atoms with Gasteiger partial charge < -0.3 is 5.11 Å². The molecule has 0 radical (unpaired) electrons. The summed E-state index contributed by atoms with van der Waals surface area (Å²) in [4.78, 5) is 11.1. The van der Waals surface area contributed by atoms with Gasteiger partial charge >= 0.3 is 5.97 Å². The number of aliphatic carboxylic acids is 1. The average molecular weight is 202 g/mol. The molecule has 0 aromatic rings. The van der Waals surface area contributed by atoms with Gasteiger partial charge in [-0.15, -0.1) is 0 Å². The largest absolute Gasteiger partial charge is 0.481 e. The standard InChI is InChI=1S/C11H19FO2/c1-2-9-3-5-11(6-4-9,7-8-12)10(13)14/h9H,2-8H2,1H3,(H,13,14). The highest BCUT2D eigenvalue weighted by molar-refractivity contribution is 5.74. The molecule has 2 nitrogen and oxygen atoms in total. The monoisotopic (exact) mass is 202 g/mol. The number of hydrogen-bond donors (Lipinski definition) is 1. The summed E-state index contributed by atoms with van der Waals surface area (Å²) in [5.41, 5.74) is -0.750. The second kappa shape index (κ2) is 4.76. The van der Waals surface area contributed by atoms with Crippen LogP contribution in [0.4, 0.5) is 4.39 Å². The molecule has 0 amide bonds. The molecule has 0 heterocycles. The first-order valence-corrected chi connectivity index (χ1v) is 5.44. The van der Waals surface area contributed by atoms with Gasteiger partial charge in [-0.05, 0) is 38.0 Å². The van der Waals surface area contributed by atoms with Gasteiger partial charge in [-0.1, -0.05) is 13.3 Å². The van der Waals surface area contributed by atoms with Crippen molar-refractivity contribution in [3.05, 3.63) is 0 Å². The van der Waals surface area contributed by atoms with Crippen molar-refractivity contribution in [1.29, 1.82) is 0 Å². The van der Waals surface area contributed by atoms with E-state index in [9.17, 15) is 9.18 Å². The molecule has 0 aromatic heterocycles. The molecule has 0 atom stereocenters. The van der Waals surface area contributed by atoms with Crippen molar-refractivity contribution < 1.29 is 14.3 Å². The van der Waals surface area contributed by atoms with Crippen LogP contribution >= 0.6 is 0 Å². The van der Waals surface area contributed by atoms with E-state index >= 15 is 0 Å². The molecule has 1 fully saturated rings. The highest BCUT2D eigenvalue weighted by Crippen LogP contribution is 2.42. The van der Waals surface area contributed by atoms with Crippen LogP contribution in [0.15, 0.2) is 0 Å². The highest BCUT2D eigenvalue weighted by atomic mass is 19.1. The van der Waals surface area contributed by atoms with E-state index in [1.54, 1.807) is 0 Å². The Morgan fingerprint density at radius 2 is 2.07 bits per heavy atom. The number of halogens is 1. The van der Waals surface area contributed by atoms with E-state index in [0.717, 1.165) is 19.3 Å². The highest BCUT2D eigenvalue weighted by Gasteiger charge is 2.41. The van der Waals surface area contributed by atoms with Crippen LogP contribution < -0.4 is 0 Å². The fourth-order valence-corrected chi connectivity index (χ4v) is 2.39. The van der Waals surface area contributed by atoms with Gasteiger partial charge in [-0.3, -0.25) is 9.18 Å². The van der Waals surface area contributed by atoms with Gasteiger partial charge in [0.2, 0.25) is 0 Å². The van der Waals surface area contributed by atoms with Crippen molar-refractivity contribution in [2.45, 2.75) is 45.4 Å². The molecule has 0 bridgehead atoms. The zero-order chi connectivity index (χ0) is 10.6. The first-order chi connectivity index (χ1) is 6.64. The van der Waals surface area contributed by atoms with Crippen LogP contribution in [-0.4, -0.2) is 17.8 Å². The van der Waals surface area contributed by atoms with Crippen molar-refractivity contribution in [2.24, 2.45) is 11.3 Å². The van der Waals surface area contributed by atoms with Crippen molar-refractivity contribution >= 4 is 5.97 Å². The molecule has 14 heavy (non-hydrogen) atoms. The molecule has 1 rings (SSSR count). The Hall–Kier alpha value is -0.600. The maximum Gasteiger partial charge on any atom is 0.309 e. The van der Waals surface area contributed by atoms with Crippen LogP contribution in [0.3, 0.4) is 0 Å². The second-order valence-electron chi connectivity index (χ2n) is 4.38. The summed E-state index contributed by atoms with van der Waals surface area (Å²) < 4.78 is 12.3. The number of hydrogen-bond acceptors (Lipinski definition) is 1. The Bertz CT molecular complexity index is 195. The summed E-state index contributed by atoms with van der Waals surface area (Å²) in [6.07, 6.45) is 4.52. The van der Waals surface area contributed by atoms with Crippen LogP contribution in [-0.2, 0) is 4.79 Å². The normalized spacial score (nSPS) is 32.9. The van der Waals surface area contributed by atoms with Crippen molar-refractivity contribution in [2.75, 3.05) is 6.67 Å². The minimum absolute atomic E-state index is 0.193. The predicted molar refractivity (Wildman–Crippen MR) is 52.9 cm³/mol. The van der Waals surface area contributed by atoms with E-state index < -0.39 is 18.1 Å². The third kappa shape index (κ3) is 2.25. The summed E-state index contributed by atoms with van der Waals surface area (Å²) in [7, 11) is 0. The summed E-state index contributed by atoms with van der Waals surface area (Å²) in [6.45, 7) is 1.62. The Morgan fingerprint density at radius 3 is 2.43 bits per heavy atom. The molecule has 0 saturated heterocycles. The van der Waals surface area contributed by atoms with Gasteiger partial charge in [0, 0.05) is 0 Å². The van der Waals surface area contributed by atoms with Crippen LogP contribution in [0.2, 0.25) is 0 Å². The topological polar surface area (TPSA) is 37.3 Å². The Balaban J connectivity index is 2.59. The van der Waals surface area contributed by atoms with Crippen LogP contribution in [0.1, 0.15) is 45.4 Å². The lowest BCUT2D eigenvalue weighted by molar-refractivity contribution is -0.152. The lowest BCUT2D eigenvalue weighted by Crippen LogP contribution is -2.35. The molecule has 0 aliphatic heterocycles. The molecule has 3 heteroatoms. The van der Waals surface area contributed by atoms with Gasteiger partial charge in [-0.2, -0.15) is 0 Å². The number of carboxylic acids is 1. The Morgan fingerprint density at radius 1 is 1.50 bits per heavy atom. The Labute approximate surface area is 84.5 Å². The van der Waals surface area contributed by atoms with E-state index in [0.29, 0.717) is 18.8 Å². The van der Waals surface area contributed by atoms with Gasteiger partial charge in [0.1, 0.15) is 0 Å². The molecular weight excluding hydrogens is 183 g/mol. The number of rotatable bonds is 4. The van der Waals surface area contributed by atoms with E-state index in [4.69, 9.17) is 5.11 Å². The molecule has 0 aromatic carbocycles. The zero-order valence-corrected chi connectivity index (χ0v) is 8.76. The van der Waals surface area contributed by atoms with E-state index in [2.05, 4.69) is 6.92 Å². The summed E-state index contributed by atoms with van der Waals surface area (Å²) in [6, 6.07) is 0. The van der Waals surface area contributed by atoms with Crippen molar-refractivity contribution in [3.8, 4) is 0 Å². The van der Waals surface area contributed by atoms with Gasteiger partial charge in [-0.25, -0.2) is 0 Å². The van der Waals surface area contributed by atoms with Gasteiger partial charge in [0.15, 0.2) is 0 Å². The predicted octanol–water partition coefficient (Wildman–Crippen LogP) is 3.02. The molecule has 1 saturated carbocycles. The number of alkyl halides is 1. The smallest absolute Gasteiger partial charge is 0.309 e. The molecule has 82 valence electrons. The molecule has 0 spiro atoms. The van der Waals surface area contributed by atoms with Gasteiger partial charge in [0.05, 0.1) is 12.1 Å². The third-order valence-corrected chi connectivity index (χ3v) is 3.67. The molecule has 0 unspecified atom stereocenters. The minimum Gasteiger partial charge on any atom is -0.481 e. The minimum atomic E-state index is -0.801. The van der Waals surface area contributed by atoms with E-state index in [-0.39, 0.29) is 6.42 Å². The maximum absolute atomic E-state index is 12.3. The molecule has 1 aliphatic carbocycles. The van der Waals surface area contributed by atoms with Crippen LogP contribution in [0, 0.1) is 11.3 Å². The fourth-order valence-electron chi connectivity index (χ4n) is 2.39. The zero-order valence-electron chi connectivity index (χ0n) is 8.76.